The zero-order valence-corrected chi connectivity index (χ0v) is 27.3. The molecule has 0 N–H and O–H groups in total. The molecule has 0 saturated carbocycles. The number of hydrogen-bond donors (Lipinski definition) is 0. The average molecular weight is 585 g/mol. The Labute approximate surface area is 269 Å². The first kappa shape index (κ1) is 30.0. The second-order valence-corrected chi connectivity index (χ2v) is 12.3. The van der Waals surface area contributed by atoms with Gasteiger partial charge in [0, 0.05) is 28.4 Å². The van der Waals surface area contributed by atoms with Crippen LogP contribution in [0.5, 0.6) is 0 Å². The summed E-state index contributed by atoms with van der Waals surface area (Å²) in [7, 11) is 0. The zero-order chi connectivity index (χ0) is 31.5. The van der Waals surface area contributed by atoms with Gasteiger partial charge in [0.2, 0.25) is 0 Å². The van der Waals surface area contributed by atoms with E-state index < -0.39 is 0 Å². The molecule has 222 valence electrons. The van der Waals surface area contributed by atoms with Crippen molar-refractivity contribution in [1.29, 1.82) is 0 Å². The molecule has 6 aromatic carbocycles. The first-order chi connectivity index (χ1) is 21.8. The standard InChI is InChI=1S/C42H41BN2/c1-30-26-32(3)41(33(4)27-30)43(42-34(5)28-31(2)29-35(42)6)45(39-20-14-9-15-21-39)40-24-22-38(23-25-40)44(36-16-10-7-11-17-36)37-18-12-8-13-19-37/h7-29H,1-6H3. The van der Waals surface area contributed by atoms with Crippen LogP contribution in [0.1, 0.15) is 33.4 Å². The van der Waals surface area contributed by atoms with Gasteiger partial charge in [0.1, 0.15) is 0 Å². The molecule has 3 heteroatoms. The van der Waals surface area contributed by atoms with E-state index in [2.05, 4.69) is 191 Å². The van der Waals surface area contributed by atoms with E-state index in [1.165, 1.54) is 44.3 Å². The second kappa shape index (κ2) is 12.9. The van der Waals surface area contributed by atoms with Gasteiger partial charge in [-0.05, 0) is 113 Å². The van der Waals surface area contributed by atoms with Gasteiger partial charge in [-0.3, -0.25) is 0 Å². The molecular formula is C42H41BN2. The molecule has 0 spiro atoms. The fourth-order valence-electron chi connectivity index (χ4n) is 7.05. The number of rotatable bonds is 8. The molecule has 0 aliphatic carbocycles. The van der Waals surface area contributed by atoms with Crippen LogP contribution >= 0.6 is 0 Å². The average Bonchev–Trinajstić information content (AvgIpc) is 3.02. The molecule has 0 atom stereocenters. The lowest BCUT2D eigenvalue weighted by molar-refractivity contribution is 1.27. The largest absolute Gasteiger partial charge is 0.377 e. The lowest BCUT2D eigenvalue weighted by Crippen LogP contribution is -2.58. The van der Waals surface area contributed by atoms with Gasteiger partial charge < -0.3 is 9.71 Å². The molecule has 0 aliphatic rings. The number of para-hydroxylation sites is 3. The smallest absolute Gasteiger partial charge is 0.329 e. The van der Waals surface area contributed by atoms with Gasteiger partial charge in [-0.15, -0.1) is 0 Å². The van der Waals surface area contributed by atoms with E-state index in [4.69, 9.17) is 0 Å². The lowest BCUT2D eigenvalue weighted by atomic mass is 9.45. The number of anilines is 5. The fourth-order valence-corrected chi connectivity index (χ4v) is 7.05. The Balaban J connectivity index is 1.57. The van der Waals surface area contributed by atoms with Crippen molar-refractivity contribution in [2.75, 3.05) is 9.71 Å². The van der Waals surface area contributed by atoms with E-state index in [0.717, 1.165) is 28.4 Å². The molecule has 45 heavy (non-hydrogen) atoms. The molecular weight excluding hydrogens is 543 g/mol. The van der Waals surface area contributed by atoms with Gasteiger partial charge in [0.05, 0.1) is 0 Å². The highest BCUT2D eigenvalue weighted by Crippen LogP contribution is 2.36. The van der Waals surface area contributed by atoms with Crippen molar-refractivity contribution < 1.29 is 0 Å². The molecule has 0 bridgehead atoms. The van der Waals surface area contributed by atoms with Gasteiger partial charge in [0.15, 0.2) is 0 Å². The zero-order valence-electron chi connectivity index (χ0n) is 27.3. The Morgan fingerprint density at radius 2 is 0.644 bits per heavy atom. The summed E-state index contributed by atoms with van der Waals surface area (Å²) >= 11 is 0. The molecule has 0 aromatic heterocycles. The summed E-state index contributed by atoms with van der Waals surface area (Å²) in [5.74, 6) is 0. The Kier molecular flexibility index (Phi) is 8.62. The van der Waals surface area contributed by atoms with Crippen LogP contribution in [0.4, 0.5) is 28.4 Å². The normalized spacial score (nSPS) is 10.9. The van der Waals surface area contributed by atoms with Crippen LogP contribution in [0.3, 0.4) is 0 Å². The van der Waals surface area contributed by atoms with Crippen molar-refractivity contribution in [3.05, 3.63) is 173 Å². The van der Waals surface area contributed by atoms with Crippen molar-refractivity contribution in [1.82, 2.24) is 0 Å². The van der Waals surface area contributed by atoms with Crippen molar-refractivity contribution in [2.45, 2.75) is 41.5 Å². The summed E-state index contributed by atoms with van der Waals surface area (Å²) in [4.78, 5) is 4.85. The highest BCUT2D eigenvalue weighted by molar-refractivity contribution is 6.90. The van der Waals surface area contributed by atoms with E-state index in [-0.39, 0.29) is 6.85 Å². The van der Waals surface area contributed by atoms with Crippen LogP contribution in [0.25, 0.3) is 0 Å². The Morgan fingerprint density at radius 3 is 1.02 bits per heavy atom. The van der Waals surface area contributed by atoms with Crippen LogP contribution in [-0.4, -0.2) is 6.85 Å². The highest BCUT2D eigenvalue weighted by Gasteiger charge is 2.34. The Bertz CT molecular complexity index is 1760. The predicted octanol–water partition coefficient (Wildman–Crippen LogP) is 9.95. The minimum absolute atomic E-state index is 0.0150. The van der Waals surface area contributed by atoms with Crippen LogP contribution < -0.4 is 20.6 Å². The molecule has 6 rings (SSSR count). The molecule has 0 aliphatic heterocycles. The molecule has 0 amide bonds. The van der Waals surface area contributed by atoms with E-state index in [0.29, 0.717) is 0 Å². The predicted molar refractivity (Wildman–Crippen MR) is 196 cm³/mol. The van der Waals surface area contributed by atoms with Crippen molar-refractivity contribution >= 4 is 46.2 Å². The minimum atomic E-state index is -0.0150. The van der Waals surface area contributed by atoms with Gasteiger partial charge in [-0.2, -0.15) is 0 Å². The van der Waals surface area contributed by atoms with Crippen LogP contribution in [-0.2, 0) is 0 Å². The quantitative estimate of drug-likeness (QED) is 0.164. The molecule has 0 radical (unpaired) electrons. The summed E-state index contributed by atoms with van der Waals surface area (Å²) in [6, 6.07) is 50.4. The third-order valence-electron chi connectivity index (χ3n) is 8.73. The number of aryl methyl sites for hydroxylation is 6. The third-order valence-corrected chi connectivity index (χ3v) is 8.73. The molecule has 0 fully saturated rings. The van der Waals surface area contributed by atoms with Crippen LogP contribution in [0.15, 0.2) is 140 Å². The highest BCUT2D eigenvalue weighted by atomic mass is 15.1. The van der Waals surface area contributed by atoms with Gasteiger partial charge >= 0.3 is 6.85 Å². The van der Waals surface area contributed by atoms with E-state index in [1.807, 2.05) is 0 Å². The summed E-state index contributed by atoms with van der Waals surface area (Å²) in [6.07, 6.45) is 0. The Morgan fingerprint density at radius 1 is 0.356 bits per heavy atom. The molecule has 0 unspecified atom stereocenters. The maximum atomic E-state index is 2.54. The SMILES string of the molecule is Cc1cc(C)c(B(c2c(C)cc(C)cc2C)N(c2ccccc2)c2ccc(N(c3ccccc3)c3ccccc3)cc2)c(C)c1. The van der Waals surface area contributed by atoms with Crippen LogP contribution in [0.2, 0.25) is 0 Å². The summed E-state index contributed by atoms with van der Waals surface area (Å²) in [5, 5.41) is 0. The maximum absolute atomic E-state index is 2.54. The van der Waals surface area contributed by atoms with Crippen molar-refractivity contribution in [3.8, 4) is 0 Å². The van der Waals surface area contributed by atoms with E-state index in [1.54, 1.807) is 0 Å². The number of hydrogen-bond acceptors (Lipinski definition) is 2. The summed E-state index contributed by atoms with van der Waals surface area (Å²) in [6.45, 7) is 13.4. The maximum Gasteiger partial charge on any atom is 0.329 e. The van der Waals surface area contributed by atoms with Gasteiger partial charge in [-0.1, -0.05) is 112 Å². The first-order valence-electron chi connectivity index (χ1n) is 15.8. The third kappa shape index (κ3) is 6.17. The monoisotopic (exact) mass is 584 g/mol. The summed E-state index contributed by atoms with van der Waals surface area (Å²) < 4.78 is 0. The molecule has 6 aromatic rings. The van der Waals surface area contributed by atoms with Gasteiger partial charge in [0.25, 0.3) is 0 Å². The Hall–Kier alpha value is -5.02. The van der Waals surface area contributed by atoms with E-state index in [9.17, 15) is 0 Å². The first-order valence-corrected chi connectivity index (χ1v) is 15.8. The summed E-state index contributed by atoms with van der Waals surface area (Å²) in [5.41, 5.74) is 16.3. The molecule has 0 heterocycles. The fraction of sp³-hybridized carbons (Fsp3) is 0.143. The van der Waals surface area contributed by atoms with Crippen molar-refractivity contribution in [2.24, 2.45) is 0 Å². The molecule has 2 nitrogen and oxygen atoms in total. The molecule has 0 saturated heterocycles. The minimum Gasteiger partial charge on any atom is -0.377 e. The lowest BCUT2D eigenvalue weighted by Gasteiger charge is -2.36. The van der Waals surface area contributed by atoms with Gasteiger partial charge in [-0.25, -0.2) is 0 Å². The van der Waals surface area contributed by atoms with Crippen molar-refractivity contribution in [3.63, 3.8) is 0 Å². The topological polar surface area (TPSA) is 6.48 Å². The van der Waals surface area contributed by atoms with Crippen LogP contribution in [0, 0.1) is 41.5 Å². The number of nitrogens with zero attached hydrogens (tertiary/aromatic N) is 2. The second-order valence-electron chi connectivity index (χ2n) is 12.3. The van der Waals surface area contributed by atoms with E-state index >= 15 is 0 Å². The number of benzene rings is 6.